The zero-order valence-electron chi connectivity index (χ0n) is 15.3. The lowest BCUT2D eigenvalue weighted by Gasteiger charge is -2.57. The number of carbonyl (C=O) groups excluding carboxylic acids is 1. The number of fused-ring (bicyclic) bond motifs is 5. The van der Waals surface area contributed by atoms with Gasteiger partial charge in [0.05, 0.1) is 5.92 Å². The predicted molar refractivity (Wildman–Crippen MR) is 93.9 cm³/mol. The van der Waals surface area contributed by atoms with Crippen molar-refractivity contribution >= 4 is 11.8 Å². The van der Waals surface area contributed by atoms with E-state index in [1.165, 1.54) is 6.08 Å². The van der Waals surface area contributed by atoms with Gasteiger partial charge in [-0.15, -0.1) is 0 Å². The molecule has 3 saturated carbocycles. The molecular formula is C21H28O4. The summed E-state index contributed by atoms with van der Waals surface area (Å²) in [4.78, 5) is 23.8. The highest BCUT2D eigenvalue weighted by molar-refractivity contribution is 6.01. The Morgan fingerprint density at radius 2 is 1.92 bits per heavy atom. The topological polar surface area (TPSA) is 74.6 Å². The van der Waals surface area contributed by atoms with Crippen LogP contribution in [-0.2, 0) is 9.59 Å². The third kappa shape index (κ3) is 2.06. The number of rotatable bonds is 1. The Kier molecular flexibility index (Phi) is 3.52. The van der Waals surface area contributed by atoms with Gasteiger partial charge in [0.15, 0.2) is 5.78 Å². The van der Waals surface area contributed by atoms with E-state index >= 15 is 0 Å². The average Bonchev–Trinajstić information content (AvgIpc) is 2.79. The molecule has 4 aliphatic rings. The fourth-order valence-corrected chi connectivity index (χ4v) is 7.19. The number of aliphatic hydroxyl groups is 1. The Labute approximate surface area is 149 Å². The second-order valence-corrected chi connectivity index (χ2v) is 9.29. The van der Waals surface area contributed by atoms with Crippen LogP contribution in [0, 0.1) is 40.4 Å². The number of aliphatic carboxylic acids is 1. The van der Waals surface area contributed by atoms with Crippen molar-refractivity contribution in [3.63, 3.8) is 0 Å². The Morgan fingerprint density at radius 3 is 2.60 bits per heavy atom. The van der Waals surface area contributed by atoms with Gasteiger partial charge in [-0.2, -0.15) is 0 Å². The van der Waals surface area contributed by atoms with Gasteiger partial charge >= 0.3 is 5.97 Å². The van der Waals surface area contributed by atoms with E-state index in [0.717, 1.165) is 37.7 Å². The molecule has 0 amide bonds. The molecule has 4 aliphatic carbocycles. The first-order chi connectivity index (χ1) is 11.7. The molecule has 25 heavy (non-hydrogen) atoms. The first-order valence-electron chi connectivity index (χ1n) is 9.58. The molecule has 0 heterocycles. The largest absolute Gasteiger partial charge is 0.511 e. The number of carboxylic acids is 1. The van der Waals surface area contributed by atoms with Gasteiger partial charge < -0.3 is 10.2 Å². The molecule has 3 fully saturated rings. The number of hydrogen-bond acceptors (Lipinski definition) is 3. The standard InChI is InChI=1S/C21H28O4/c1-11-8-16-14-5-4-12-9-13(22)10-17(23)21(12,3)15(14)6-7-20(16,2)18(11)19(24)25/h9-11,14-16,18,23H,4-8H2,1-3H3,(H,24,25)/t11?,14-,15+,16+,18?,20+,21+/m1/s1. The zero-order valence-corrected chi connectivity index (χ0v) is 15.3. The summed E-state index contributed by atoms with van der Waals surface area (Å²) in [5.41, 5.74) is 0.486. The van der Waals surface area contributed by atoms with Gasteiger partial charge in [-0.05, 0) is 74.2 Å². The molecule has 0 radical (unpaired) electrons. The minimum atomic E-state index is -0.649. The molecule has 7 atom stereocenters. The van der Waals surface area contributed by atoms with Crippen molar-refractivity contribution in [2.75, 3.05) is 0 Å². The molecule has 2 unspecified atom stereocenters. The van der Waals surface area contributed by atoms with E-state index in [4.69, 9.17) is 0 Å². The fourth-order valence-electron chi connectivity index (χ4n) is 7.19. The molecule has 0 aliphatic heterocycles. The molecular weight excluding hydrogens is 316 g/mol. The minimum Gasteiger partial charge on any atom is -0.511 e. The summed E-state index contributed by atoms with van der Waals surface area (Å²) in [6.07, 6.45) is 7.73. The van der Waals surface area contributed by atoms with Crippen LogP contribution in [0.25, 0.3) is 0 Å². The van der Waals surface area contributed by atoms with E-state index in [0.29, 0.717) is 17.8 Å². The van der Waals surface area contributed by atoms with Crippen LogP contribution < -0.4 is 0 Å². The maximum Gasteiger partial charge on any atom is 0.307 e. The fraction of sp³-hybridized carbons (Fsp3) is 0.714. The van der Waals surface area contributed by atoms with E-state index in [2.05, 4.69) is 20.8 Å². The summed E-state index contributed by atoms with van der Waals surface area (Å²) in [6.45, 7) is 6.36. The molecule has 0 aromatic carbocycles. The Morgan fingerprint density at radius 1 is 1.20 bits per heavy atom. The Hall–Kier alpha value is -1.58. The van der Waals surface area contributed by atoms with E-state index in [1.807, 2.05) is 0 Å². The van der Waals surface area contributed by atoms with Crippen molar-refractivity contribution in [1.82, 2.24) is 0 Å². The number of hydrogen-bond donors (Lipinski definition) is 2. The number of carbonyl (C=O) groups is 2. The molecule has 136 valence electrons. The van der Waals surface area contributed by atoms with Crippen LogP contribution in [0.3, 0.4) is 0 Å². The van der Waals surface area contributed by atoms with Gasteiger partial charge in [-0.3, -0.25) is 9.59 Å². The predicted octanol–water partition coefficient (Wildman–Crippen LogP) is 4.13. The number of aliphatic hydroxyl groups excluding tert-OH is 1. The first-order valence-corrected chi connectivity index (χ1v) is 9.58. The molecule has 0 spiro atoms. The number of carboxylic acid groups (broad SMARTS) is 1. The highest BCUT2D eigenvalue weighted by Crippen LogP contribution is 2.67. The highest BCUT2D eigenvalue weighted by atomic mass is 16.4. The molecule has 0 saturated heterocycles. The Balaban J connectivity index is 1.73. The van der Waals surface area contributed by atoms with Crippen LogP contribution >= 0.6 is 0 Å². The monoisotopic (exact) mass is 344 g/mol. The summed E-state index contributed by atoms with van der Waals surface area (Å²) in [6, 6.07) is 0. The lowest BCUT2D eigenvalue weighted by atomic mass is 9.47. The summed E-state index contributed by atoms with van der Waals surface area (Å²) >= 11 is 0. The van der Waals surface area contributed by atoms with Gasteiger partial charge in [0.25, 0.3) is 0 Å². The molecule has 2 N–H and O–H groups in total. The van der Waals surface area contributed by atoms with Crippen molar-refractivity contribution in [2.24, 2.45) is 40.4 Å². The molecule has 0 aromatic rings. The van der Waals surface area contributed by atoms with Crippen LogP contribution in [0.4, 0.5) is 0 Å². The quantitative estimate of drug-likeness (QED) is 0.750. The second-order valence-electron chi connectivity index (χ2n) is 9.29. The lowest BCUT2D eigenvalue weighted by Crippen LogP contribution is -2.51. The van der Waals surface area contributed by atoms with Crippen LogP contribution in [-0.4, -0.2) is 22.0 Å². The van der Waals surface area contributed by atoms with Gasteiger partial charge in [0, 0.05) is 11.5 Å². The molecule has 4 heteroatoms. The summed E-state index contributed by atoms with van der Waals surface area (Å²) in [5, 5.41) is 20.5. The van der Waals surface area contributed by atoms with Gasteiger partial charge in [0.1, 0.15) is 5.76 Å². The highest BCUT2D eigenvalue weighted by Gasteiger charge is 2.63. The molecule has 4 nitrogen and oxygen atoms in total. The van der Waals surface area contributed by atoms with Crippen LogP contribution in [0.2, 0.25) is 0 Å². The van der Waals surface area contributed by atoms with Crippen molar-refractivity contribution in [2.45, 2.75) is 52.9 Å². The van der Waals surface area contributed by atoms with E-state index in [9.17, 15) is 19.8 Å². The van der Waals surface area contributed by atoms with E-state index < -0.39 is 11.4 Å². The molecule has 4 rings (SSSR count). The van der Waals surface area contributed by atoms with Gasteiger partial charge in [-0.1, -0.05) is 19.4 Å². The van der Waals surface area contributed by atoms with Gasteiger partial charge in [-0.25, -0.2) is 0 Å². The SMILES string of the molecule is CC1C[C@H]2[C@@H]3CCC4=CC(=O)C=C(O)[C@]4(C)[C@H]3CC[C@]2(C)C1C(=O)O. The Bertz CT molecular complexity index is 705. The van der Waals surface area contributed by atoms with Crippen LogP contribution in [0.5, 0.6) is 0 Å². The second kappa shape index (κ2) is 5.21. The van der Waals surface area contributed by atoms with Crippen LogP contribution in [0.1, 0.15) is 52.9 Å². The summed E-state index contributed by atoms with van der Waals surface area (Å²) in [7, 11) is 0. The summed E-state index contributed by atoms with van der Waals surface area (Å²) in [5.74, 6) is 0.522. The zero-order chi connectivity index (χ0) is 18.1. The molecule has 0 aromatic heterocycles. The third-order valence-corrected chi connectivity index (χ3v) is 8.33. The van der Waals surface area contributed by atoms with Crippen molar-refractivity contribution in [1.29, 1.82) is 0 Å². The van der Waals surface area contributed by atoms with Crippen molar-refractivity contribution < 1.29 is 19.8 Å². The maximum absolute atomic E-state index is 11.9. The lowest BCUT2D eigenvalue weighted by molar-refractivity contribution is -0.150. The van der Waals surface area contributed by atoms with Gasteiger partial charge in [0.2, 0.25) is 0 Å². The average molecular weight is 344 g/mol. The van der Waals surface area contributed by atoms with Crippen molar-refractivity contribution in [3.8, 4) is 0 Å². The van der Waals surface area contributed by atoms with E-state index in [-0.39, 0.29) is 28.8 Å². The van der Waals surface area contributed by atoms with E-state index in [1.54, 1.807) is 6.08 Å². The third-order valence-electron chi connectivity index (χ3n) is 8.33. The first kappa shape index (κ1) is 16.9. The number of ketones is 1. The normalized spacial score (nSPS) is 48.8. The maximum atomic E-state index is 11.9. The van der Waals surface area contributed by atoms with Crippen molar-refractivity contribution in [3.05, 3.63) is 23.5 Å². The minimum absolute atomic E-state index is 0.107. The number of allylic oxidation sites excluding steroid dienone is 3. The smallest absolute Gasteiger partial charge is 0.307 e. The van der Waals surface area contributed by atoms with Crippen LogP contribution in [0.15, 0.2) is 23.5 Å². The summed E-state index contributed by atoms with van der Waals surface area (Å²) < 4.78 is 0. The molecule has 0 bridgehead atoms.